The highest BCUT2D eigenvalue weighted by molar-refractivity contribution is 4.91. The quantitative estimate of drug-likeness (QED) is 0.582. The lowest BCUT2D eigenvalue weighted by Crippen LogP contribution is -2.16. The van der Waals surface area contributed by atoms with E-state index in [0.29, 0.717) is 12.4 Å². The van der Waals surface area contributed by atoms with E-state index in [1.165, 1.54) is 4.57 Å². The van der Waals surface area contributed by atoms with Crippen LogP contribution in [-0.2, 0) is 6.54 Å². The molecule has 10 heavy (non-hydrogen) atoms. The molecule has 0 atom stereocenters. The largest absolute Gasteiger partial charge is 0.343 e. The third-order valence-electron chi connectivity index (χ3n) is 1.15. The second kappa shape index (κ2) is 2.51. The van der Waals surface area contributed by atoms with Crippen molar-refractivity contribution in [3.05, 3.63) is 35.9 Å². The molecule has 1 radical (unpaired) electrons. The molecule has 1 aromatic rings. The van der Waals surface area contributed by atoms with Crippen molar-refractivity contribution in [2.75, 3.05) is 0 Å². The van der Waals surface area contributed by atoms with Crippen LogP contribution in [0.3, 0.4) is 0 Å². The van der Waals surface area contributed by atoms with Gasteiger partial charge >= 0.3 is 5.69 Å². The highest BCUT2D eigenvalue weighted by Gasteiger charge is 1.98. The zero-order valence-corrected chi connectivity index (χ0v) is 5.50. The van der Waals surface area contributed by atoms with Crippen LogP contribution in [-0.4, -0.2) is 14.8 Å². The predicted molar refractivity (Wildman–Crippen MR) is 37.5 cm³/mol. The van der Waals surface area contributed by atoms with Crippen molar-refractivity contribution in [3.63, 3.8) is 0 Å². The van der Waals surface area contributed by atoms with Crippen molar-refractivity contribution in [2.45, 2.75) is 6.54 Å². The second-order valence-corrected chi connectivity index (χ2v) is 1.84. The van der Waals surface area contributed by atoms with E-state index < -0.39 is 0 Å². The van der Waals surface area contributed by atoms with E-state index >= 15 is 0 Å². The molecule has 0 fully saturated rings. The van der Waals surface area contributed by atoms with Crippen LogP contribution < -0.4 is 5.69 Å². The van der Waals surface area contributed by atoms with E-state index in [9.17, 15) is 4.79 Å². The number of hydrogen-bond acceptors (Lipinski definition) is 2. The fourth-order valence-corrected chi connectivity index (χ4v) is 0.668. The summed E-state index contributed by atoms with van der Waals surface area (Å²) in [5, 5.41) is 5.87. The average Bonchev–Trinajstić information content (AvgIpc) is 2.20. The topological polar surface area (TPSA) is 50.7 Å². The Balaban J connectivity index is 3.10. The molecule has 0 unspecified atom stereocenters. The summed E-state index contributed by atoms with van der Waals surface area (Å²) in [7, 11) is 0. The number of aromatic amines is 1. The van der Waals surface area contributed by atoms with Gasteiger partial charge in [-0.2, -0.15) is 5.10 Å². The summed E-state index contributed by atoms with van der Waals surface area (Å²) in [6, 6.07) is 0. The van der Waals surface area contributed by atoms with Crippen LogP contribution in [0, 0.1) is 6.92 Å². The van der Waals surface area contributed by atoms with E-state index in [0.717, 1.165) is 0 Å². The standard InChI is InChI=1S/C6H8N3O/c1-3-4-9-5(2)7-8-6(9)10/h3H,1-2,4H2,(H,8,10). The maximum Gasteiger partial charge on any atom is 0.343 e. The minimum absolute atomic E-state index is 0.245. The molecule has 0 aliphatic rings. The number of aromatic nitrogens is 3. The Hall–Kier alpha value is -1.32. The van der Waals surface area contributed by atoms with Gasteiger partial charge in [-0.15, -0.1) is 6.58 Å². The van der Waals surface area contributed by atoms with Gasteiger partial charge in [-0.1, -0.05) is 6.08 Å². The third-order valence-corrected chi connectivity index (χ3v) is 1.15. The molecule has 0 amide bonds. The highest BCUT2D eigenvalue weighted by Crippen LogP contribution is 1.85. The number of rotatable bonds is 2. The first-order valence-corrected chi connectivity index (χ1v) is 2.83. The number of allylic oxidation sites excluding steroid dienone is 1. The predicted octanol–water partition coefficient (Wildman–Crippen LogP) is -0.0604. The first-order chi connectivity index (χ1) is 4.75. The minimum atomic E-state index is -0.245. The molecule has 1 N–H and O–H groups in total. The first kappa shape index (κ1) is 6.80. The maximum absolute atomic E-state index is 10.8. The normalized spacial score (nSPS) is 9.70. The van der Waals surface area contributed by atoms with Gasteiger partial charge in [0.1, 0.15) is 5.82 Å². The number of nitrogens with zero attached hydrogens (tertiary/aromatic N) is 2. The van der Waals surface area contributed by atoms with Crippen LogP contribution in [0.15, 0.2) is 17.4 Å². The van der Waals surface area contributed by atoms with Gasteiger partial charge in [0, 0.05) is 13.5 Å². The molecule has 0 aliphatic carbocycles. The van der Waals surface area contributed by atoms with Crippen molar-refractivity contribution < 1.29 is 0 Å². The van der Waals surface area contributed by atoms with E-state index in [1.54, 1.807) is 6.08 Å². The molecule has 4 nitrogen and oxygen atoms in total. The molecule has 0 saturated carbocycles. The highest BCUT2D eigenvalue weighted by atomic mass is 16.1. The molecule has 1 heterocycles. The summed E-state index contributed by atoms with van der Waals surface area (Å²) in [6.45, 7) is 7.47. The summed E-state index contributed by atoms with van der Waals surface area (Å²) in [5.41, 5.74) is -0.245. The number of H-pyrrole nitrogens is 1. The molecule has 1 rings (SSSR count). The first-order valence-electron chi connectivity index (χ1n) is 2.83. The Morgan fingerprint density at radius 2 is 2.50 bits per heavy atom. The van der Waals surface area contributed by atoms with Gasteiger partial charge in [0.05, 0.1) is 0 Å². The van der Waals surface area contributed by atoms with Crippen molar-refractivity contribution in [2.24, 2.45) is 0 Å². The summed E-state index contributed by atoms with van der Waals surface area (Å²) in [5.74, 6) is 0.435. The lowest BCUT2D eigenvalue weighted by Gasteiger charge is -1.93. The molecule has 0 bridgehead atoms. The van der Waals surface area contributed by atoms with Gasteiger partial charge in [0.25, 0.3) is 0 Å². The lowest BCUT2D eigenvalue weighted by atomic mass is 10.6. The average molecular weight is 138 g/mol. The Kier molecular flexibility index (Phi) is 1.71. The van der Waals surface area contributed by atoms with Gasteiger partial charge < -0.3 is 0 Å². The Bertz CT molecular complexity index is 283. The Morgan fingerprint density at radius 1 is 1.80 bits per heavy atom. The fourth-order valence-electron chi connectivity index (χ4n) is 0.668. The van der Waals surface area contributed by atoms with E-state index in [-0.39, 0.29) is 5.69 Å². The van der Waals surface area contributed by atoms with Gasteiger partial charge in [0.15, 0.2) is 0 Å². The second-order valence-electron chi connectivity index (χ2n) is 1.84. The van der Waals surface area contributed by atoms with Crippen molar-refractivity contribution in [3.8, 4) is 0 Å². The van der Waals surface area contributed by atoms with Gasteiger partial charge in [-0.05, 0) is 0 Å². The summed E-state index contributed by atoms with van der Waals surface area (Å²) < 4.78 is 1.40. The summed E-state index contributed by atoms with van der Waals surface area (Å²) >= 11 is 0. The van der Waals surface area contributed by atoms with Crippen LogP contribution in [0.4, 0.5) is 0 Å². The van der Waals surface area contributed by atoms with Crippen LogP contribution >= 0.6 is 0 Å². The van der Waals surface area contributed by atoms with Gasteiger partial charge in [-0.3, -0.25) is 4.57 Å². The molecule has 0 saturated heterocycles. The number of hydrogen-bond donors (Lipinski definition) is 1. The summed E-state index contributed by atoms with van der Waals surface area (Å²) in [6.07, 6.45) is 1.62. The number of nitrogens with one attached hydrogen (secondary N) is 1. The molecule has 0 aromatic carbocycles. The Morgan fingerprint density at radius 3 is 2.90 bits per heavy atom. The third kappa shape index (κ3) is 1.00. The Labute approximate surface area is 58.2 Å². The van der Waals surface area contributed by atoms with E-state index in [1.807, 2.05) is 0 Å². The molecule has 0 spiro atoms. The monoisotopic (exact) mass is 138 g/mol. The molecule has 53 valence electrons. The molecule has 1 aromatic heterocycles. The van der Waals surface area contributed by atoms with Gasteiger partial charge in [-0.25, -0.2) is 9.89 Å². The van der Waals surface area contributed by atoms with Crippen LogP contribution in [0.1, 0.15) is 5.82 Å². The molecule has 0 aliphatic heterocycles. The van der Waals surface area contributed by atoms with Crippen LogP contribution in [0.2, 0.25) is 0 Å². The molecular formula is C6H8N3O. The summed E-state index contributed by atoms with van der Waals surface area (Å²) in [4.78, 5) is 10.8. The smallest absolute Gasteiger partial charge is 0.275 e. The van der Waals surface area contributed by atoms with Gasteiger partial charge in [0.2, 0.25) is 0 Å². The molecular weight excluding hydrogens is 130 g/mol. The van der Waals surface area contributed by atoms with Crippen molar-refractivity contribution in [1.29, 1.82) is 0 Å². The van der Waals surface area contributed by atoms with Crippen molar-refractivity contribution in [1.82, 2.24) is 14.8 Å². The van der Waals surface area contributed by atoms with Crippen LogP contribution in [0.25, 0.3) is 0 Å². The SMILES string of the molecule is [CH2]c1n[nH]c(=O)n1CC=C. The minimum Gasteiger partial charge on any atom is -0.275 e. The fraction of sp³-hybridized carbons (Fsp3) is 0.167. The van der Waals surface area contributed by atoms with E-state index in [4.69, 9.17) is 0 Å². The van der Waals surface area contributed by atoms with Crippen LogP contribution in [0.5, 0.6) is 0 Å². The maximum atomic E-state index is 10.8. The zero-order chi connectivity index (χ0) is 7.56. The lowest BCUT2D eigenvalue weighted by molar-refractivity contribution is 0.767. The molecule has 4 heteroatoms. The zero-order valence-electron chi connectivity index (χ0n) is 5.50. The van der Waals surface area contributed by atoms with E-state index in [2.05, 4.69) is 23.7 Å². The van der Waals surface area contributed by atoms with Crippen molar-refractivity contribution >= 4 is 0 Å².